The molecule has 1 saturated heterocycles. The van der Waals surface area contributed by atoms with Crippen molar-refractivity contribution in [2.75, 3.05) is 40.1 Å². The van der Waals surface area contributed by atoms with Crippen LogP contribution in [0.3, 0.4) is 0 Å². The van der Waals surface area contributed by atoms with Crippen molar-refractivity contribution in [2.45, 2.75) is 18.8 Å². The fraction of sp³-hybridized carbons (Fsp3) is 0.562. The van der Waals surface area contributed by atoms with E-state index in [1.54, 1.807) is 19.1 Å². The quantitative estimate of drug-likeness (QED) is 0.787. The number of ether oxygens (including phenoxy) is 2. The van der Waals surface area contributed by atoms with Gasteiger partial charge in [-0.15, -0.1) is 0 Å². The van der Waals surface area contributed by atoms with E-state index in [2.05, 4.69) is 4.72 Å². The van der Waals surface area contributed by atoms with Gasteiger partial charge in [-0.2, -0.15) is 0 Å². The molecule has 1 aliphatic heterocycles. The summed E-state index contributed by atoms with van der Waals surface area (Å²) in [6, 6.07) is 5.75. The zero-order valence-corrected chi connectivity index (χ0v) is 15.1. The van der Waals surface area contributed by atoms with Crippen molar-refractivity contribution < 1.29 is 22.7 Å². The number of benzene rings is 1. The van der Waals surface area contributed by atoms with E-state index in [-0.39, 0.29) is 24.8 Å². The van der Waals surface area contributed by atoms with Crippen LogP contribution >= 0.6 is 0 Å². The number of nitrogens with one attached hydrogen (secondary N) is 1. The van der Waals surface area contributed by atoms with Gasteiger partial charge in [0.2, 0.25) is 15.9 Å². The Hall–Kier alpha value is -1.80. The third kappa shape index (κ3) is 4.61. The van der Waals surface area contributed by atoms with Crippen LogP contribution in [0.5, 0.6) is 11.5 Å². The average Bonchev–Trinajstić information content (AvgIpc) is 3.02. The van der Waals surface area contributed by atoms with Crippen molar-refractivity contribution in [3.05, 3.63) is 23.8 Å². The van der Waals surface area contributed by atoms with Gasteiger partial charge in [0.25, 0.3) is 0 Å². The zero-order valence-electron chi connectivity index (χ0n) is 14.2. The Morgan fingerprint density at radius 1 is 1.33 bits per heavy atom. The molecule has 134 valence electrons. The SMILES string of the molecule is COc1cccc([C@@H]2CCN(C(=O)CCNS(C)(=O)=O)C2)c1OC. The van der Waals surface area contributed by atoms with E-state index in [0.717, 1.165) is 18.2 Å². The van der Waals surface area contributed by atoms with Crippen LogP contribution < -0.4 is 14.2 Å². The first kappa shape index (κ1) is 18.5. The lowest BCUT2D eigenvalue weighted by molar-refractivity contribution is -0.130. The molecule has 1 fully saturated rings. The van der Waals surface area contributed by atoms with E-state index >= 15 is 0 Å². The number of nitrogens with zero attached hydrogens (tertiary/aromatic N) is 1. The molecule has 1 amide bonds. The lowest BCUT2D eigenvalue weighted by Gasteiger charge is -2.19. The first-order chi connectivity index (χ1) is 11.4. The number of likely N-dealkylation sites (tertiary alicyclic amines) is 1. The van der Waals surface area contributed by atoms with E-state index < -0.39 is 10.0 Å². The van der Waals surface area contributed by atoms with Crippen molar-refractivity contribution in [1.29, 1.82) is 0 Å². The van der Waals surface area contributed by atoms with Crippen molar-refractivity contribution >= 4 is 15.9 Å². The highest BCUT2D eigenvalue weighted by molar-refractivity contribution is 7.88. The Bertz CT molecular complexity index is 690. The Morgan fingerprint density at radius 3 is 2.71 bits per heavy atom. The fourth-order valence-electron chi connectivity index (χ4n) is 2.98. The molecule has 0 aliphatic carbocycles. The number of carbonyl (C=O) groups is 1. The molecule has 8 heteroatoms. The van der Waals surface area contributed by atoms with Crippen LogP contribution in [0.1, 0.15) is 24.3 Å². The van der Waals surface area contributed by atoms with Crippen molar-refractivity contribution in [1.82, 2.24) is 9.62 Å². The number of amides is 1. The summed E-state index contributed by atoms with van der Waals surface area (Å²) in [4.78, 5) is 14.0. The van der Waals surface area contributed by atoms with Crippen LogP contribution in [0.15, 0.2) is 18.2 Å². The molecule has 1 aliphatic rings. The number of hydrogen-bond donors (Lipinski definition) is 1. The molecule has 2 rings (SSSR count). The predicted molar refractivity (Wildman–Crippen MR) is 90.9 cm³/mol. The van der Waals surface area contributed by atoms with Gasteiger partial charge < -0.3 is 14.4 Å². The van der Waals surface area contributed by atoms with Gasteiger partial charge in [-0.3, -0.25) is 4.79 Å². The molecular formula is C16H24N2O5S. The number of hydrogen-bond acceptors (Lipinski definition) is 5. The first-order valence-electron chi connectivity index (χ1n) is 7.79. The first-order valence-corrected chi connectivity index (χ1v) is 9.68. The van der Waals surface area contributed by atoms with Gasteiger partial charge in [0, 0.05) is 37.5 Å². The standard InChI is InChI=1S/C16H24N2O5S/c1-22-14-6-4-5-13(16(14)23-2)12-8-10-18(11-12)15(19)7-9-17-24(3,20)21/h4-6,12,17H,7-11H2,1-3H3/t12-/m1/s1. The molecule has 0 saturated carbocycles. The van der Waals surface area contributed by atoms with Crippen LogP contribution in [0.25, 0.3) is 0 Å². The van der Waals surface area contributed by atoms with Crippen molar-refractivity contribution in [3.63, 3.8) is 0 Å². The lowest BCUT2D eigenvalue weighted by Crippen LogP contribution is -2.32. The highest BCUT2D eigenvalue weighted by atomic mass is 32.2. The zero-order chi connectivity index (χ0) is 17.7. The summed E-state index contributed by atoms with van der Waals surface area (Å²) in [6.45, 7) is 1.38. The maximum Gasteiger partial charge on any atom is 0.223 e. The van der Waals surface area contributed by atoms with Crippen molar-refractivity contribution in [2.24, 2.45) is 0 Å². The topological polar surface area (TPSA) is 84.9 Å². The van der Waals surface area contributed by atoms with Gasteiger partial charge in [0.15, 0.2) is 11.5 Å². The molecule has 7 nitrogen and oxygen atoms in total. The summed E-state index contributed by atoms with van der Waals surface area (Å²) in [6.07, 6.45) is 2.09. The Labute approximate surface area is 143 Å². The fourth-order valence-corrected chi connectivity index (χ4v) is 3.45. The van der Waals surface area contributed by atoms with Gasteiger partial charge in [0.05, 0.1) is 20.5 Å². The summed E-state index contributed by atoms with van der Waals surface area (Å²) >= 11 is 0. The van der Waals surface area contributed by atoms with Gasteiger partial charge in [0.1, 0.15) is 0 Å². The van der Waals surface area contributed by atoms with E-state index in [4.69, 9.17) is 9.47 Å². The molecule has 1 aromatic carbocycles. The van der Waals surface area contributed by atoms with E-state index in [1.807, 2.05) is 18.2 Å². The minimum Gasteiger partial charge on any atom is -0.493 e. The summed E-state index contributed by atoms with van der Waals surface area (Å²) in [5.41, 5.74) is 1.03. The summed E-state index contributed by atoms with van der Waals surface area (Å²) in [5.74, 6) is 1.52. The number of carbonyl (C=O) groups excluding carboxylic acids is 1. The lowest BCUT2D eigenvalue weighted by atomic mass is 9.97. The molecule has 0 bridgehead atoms. The molecule has 0 spiro atoms. The largest absolute Gasteiger partial charge is 0.493 e. The Balaban J connectivity index is 1.99. The molecule has 24 heavy (non-hydrogen) atoms. The Morgan fingerprint density at radius 2 is 2.08 bits per heavy atom. The van der Waals surface area contributed by atoms with Gasteiger partial charge in [-0.05, 0) is 12.5 Å². The monoisotopic (exact) mass is 356 g/mol. The minimum absolute atomic E-state index is 0.0458. The predicted octanol–water partition coefficient (Wildman–Crippen LogP) is 0.959. The van der Waals surface area contributed by atoms with Gasteiger partial charge >= 0.3 is 0 Å². The molecule has 0 aromatic heterocycles. The number of rotatable bonds is 7. The van der Waals surface area contributed by atoms with E-state index in [0.29, 0.717) is 24.6 Å². The number of sulfonamides is 1. The molecule has 1 atom stereocenters. The van der Waals surface area contributed by atoms with E-state index in [1.165, 1.54) is 0 Å². The van der Waals surface area contributed by atoms with E-state index in [9.17, 15) is 13.2 Å². The smallest absolute Gasteiger partial charge is 0.223 e. The maximum atomic E-state index is 12.2. The summed E-state index contributed by atoms with van der Waals surface area (Å²) in [5, 5.41) is 0. The molecule has 1 N–H and O–H groups in total. The van der Waals surface area contributed by atoms with Gasteiger partial charge in [-0.1, -0.05) is 12.1 Å². The second-order valence-electron chi connectivity index (χ2n) is 5.82. The van der Waals surface area contributed by atoms with Crippen LogP contribution in [-0.4, -0.2) is 59.3 Å². The average molecular weight is 356 g/mol. The third-order valence-corrected chi connectivity index (χ3v) is 4.85. The van der Waals surface area contributed by atoms with Crippen molar-refractivity contribution in [3.8, 4) is 11.5 Å². The normalized spacial score (nSPS) is 17.8. The summed E-state index contributed by atoms with van der Waals surface area (Å²) < 4.78 is 35.2. The molecule has 0 unspecified atom stereocenters. The maximum absolute atomic E-state index is 12.2. The Kier molecular flexibility index (Phi) is 6.06. The minimum atomic E-state index is -3.26. The molecule has 1 heterocycles. The molecule has 0 radical (unpaired) electrons. The number of para-hydroxylation sites is 1. The number of methoxy groups -OCH3 is 2. The second-order valence-corrected chi connectivity index (χ2v) is 7.66. The highest BCUT2D eigenvalue weighted by Gasteiger charge is 2.29. The molecule has 1 aromatic rings. The molecular weight excluding hydrogens is 332 g/mol. The van der Waals surface area contributed by atoms with Crippen LogP contribution in [-0.2, 0) is 14.8 Å². The van der Waals surface area contributed by atoms with Crippen LogP contribution in [0.2, 0.25) is 0 Å². The van der Waals surface area contributed by atoms with Gasteiger partial charge in [-0.25, -0.2) is 13.1 Å². The van der Waals surface area contributed by atoms with Crippen LogP contribution in [0, 0.1) is 0 Å². The summed E-state index contributed by atoms with van der Waals surface area (Å²) in [7, 11) is -0.0596. The second kappa shape index (κ2) is 7.85. The third-order valence-electron chi connectivity index (χ3n) is 4.12. The van der Waals surface area contributed by atoms with Crippen LogP contribution in [0.4, 0.5) is 0 Å². The highest BCUT2D eigenvalue weighted by Crippen LogP contribution is 2.39.